The quantitative estimate of drug-likeness (QED) is 0.869. The lowest BCUT2D eigenvalue weighted by Gasteiger charge is -2.31. The van der Waals surface area contributed by atoms with Gasteiger partial charge in [0.2, 0.25) is 0 Å². The molecule has 0 bridgehead atoms. The zero-order valence-electron chi connectivity index (χ0n) is 11.2. The van der Waals surface area contributed by atoms with Crippen LogP contribution < -0.4 is 0 Å². The summed E-state index contributed by atoms with van der Waals surface area (Å²) >= 11 is 3.29. The third kappa shape index (κ3) is 3.64. The van der Waals surface area contributed by atoms with Crippen molar-refractivity contribution in [2.75, 3.05) is 18.8 Å². The number of carboxylic acids is 1. The Morgan fingerprint density at radius 3 is 3.05 bits per heavy atom. The SMILES string of the molecule is CCC1CN(C(=O)c2sccc2/C=C/C(=O)O)CCS1. The van der Waals surface area contributed by atoms with Crippen molar-refractivity contribution >= 4 is 41.1 Å². The van der Waals surface area contributed by atoms with E-state index in [1.165, 1.54) is 17.4 Å². The van der Waals surface area contributed by atoms with Crippen LogP contribution in [0.3, 0.4) is 0 Å². The lowest BCUT2D eigenvalue weighted by atomic mass is 10.2. The molecule has 20 heavy (non-hydrogen) atoms. The van der Waals surface area contributed by atoms with Crippen LogP contribution in [0.1, 0.15) is 28.6 Å². The topological polar surface area (TPSA) is 57.6 Å². The van der Waals surface area contributed by atoms with Crippen molar-refractivity contribution in [3.05, 3.63) is 28.0 Å². The lowest BCUT2D eigenvalue weighted by molar-refractivity contribution is -0.131. The van der Waals surface area contributed by atoms with Gasteiger partial charge in [0.05, 0.1) is 4.88 Å². The van der Waals surface area contributed by atoms with Crippen LogP contribution in [0.2, 0.25) is 0 Å². The summed E-state index contributed by atoms with van der Waals surface area (Å²) in [6.07, 6.45) is 3.62. The van der Waals surface area contributed by atoms with Crippen LogP contribution in [-0.4, -0.2) is 46.0 Å². The molecule has 0 radical (unpaired) electrons. The monoisotopic (exact) mass is 311 g/mol. The van der Waals surface area contributed by atoms with E-state index < -0.39 is 5.97 Å². The smallest absolute Gasteiger partial charge is 0.328 e. The first-order valence-corrected chi connectivity index (χ1v) is 8.44. The molecule has 1 aliphatic rings. The second kappa shape index (κ2) is 6.95. The predicted molar refractivity (Wildman–Crippen MR) is 83.4 cm³/mol. The molecule has 0 aliphatic carbocycles. The Hall–Kier alpha value is -1.27. The predicted octanol–water partition coefficient (Wildman–Crippen LogP) is 2.81. The zero-order chi connectivity index (χ0) is 14.5. The Bertz CT molecular complexity index is 524. The largest absolute Gasteiger partial charge is 0.478 e. The van der Waals surface area contributed by atoms with E-state index >= 15 is 0 Å². The maximum atomic E-state index is 12.5. The average Bonchev–Trinajstić information content (AvgIpc) is 2.92. The van der Waals surface area contributed by atoms with Crippen LogP contribution in [0, 0.1) is 0 Å². The minimum atomic E-state index is -1.00. The molecule has 1 fully saturated rings. The maximum Gasteiger partial charge on any atom is 0.328 e. The normalized spacial score (nSPS) is 19.4. The van der Waals surface area contributed by atoms with Gasteiger partial charge < -0.3 is 10.0 Å². The summed E-state index contributed by atoms with van der Waals surface area (Å²) in [5.74, 6) is -0.0190. The first-order valence-electron chi connectivity index (χ1n) is 6.51. The molecule has 4 nitrogen and oxygen atoms in total. The molecule has 1 aromatic heterocycles. The van der Waals surface area contributed by atoms with Crippen LogP contribution in [0.4, 0.5) is 0 Å². The van der Waals surface area contributed by atoms with Gasteiger partial charge in [-0.2, -0.15) is 11.8 Å². The van der Waals surface area contributed by atoms with Crippen molar-refractivity contribution in [1.29, 1.82) is 0 Å². The molecule has 2 rings (SSSR count). The summed E-state index contributed by atoms with van der Waals surface area (Å²) in [5, 5.41) is 11.0. The fraction of sp³-hybridized carbons (Fsp3) is 0.429. The first kappa shape index (κ1) is 15.1. The maximum absolute atomic E-state index is 12.5. The molecule has 1 aliphatic heterocycles. The summed E-state index contributed by atoms with van der Waals surface area (Å²) in [7, 11) is 0. The van der Waals surface area contributed by atoms with Crippen molar-refractivity contribution in [1.82, 2.24) is 4.90 Å². The number of thiophene rings is 1. The van der Waals surface area contributed by atoms with Crippen molar-refractivity contribution < 1.29 is 14.7 Å². The van der Waals surface area contributed by atoms with Crippen LogP contribution >= 0.6 is 23.1 Å². The minimum absolute atomic E-state index is 0.0174. The molecule has 0 spiro atoms. The Morgan fingerprint density at radius 1 is 1.55 bits per heavy atom. The third-order valence-electron chi connectivity index (χ3n) is 3.18. The summed E-state index contributed by atoms with van der Waals surface area (Å²) in [6.45, 7) is 3.68. The van der Waals surface area contributed by atoms with Gasteiger partial charge in [-0.15, -0.1) is 11.3 Å². The third-order valence-corrected chi connectivity index (χ3v) is 5.47. The van der Waals surface area contributed by atoms with Crippen LogP contribution in [0.5, 0.6) is 0 Å². The molecule has 1 amide bonds. The number of hydrogen-bond acceptors (Lipinski definition) is 4. The summed E-state index contributed by atoms with van der Waals surface area (Å²) in [4.78, 5) is 25.6. The van der Waals surface area contributed by atoms with Gasteiger partial charge >= 0.3 is 5.97 Å². The Labute approximate surface area is 126 Å². The van der Waals surface area contributed by atoms with E-state index in [4.69, 9.17) is 5.11 Å². The molecule has 0 aromatic carbocycles. The molecule has 1 saturated heterocycles. The van der Waals surface area contributed by atoms with Gasteiger partial charge in [-0.25, -0.2) is 4.79 Å². The van der Waals surface area contributed by atoms with E-state index in [1.54, 1.807) is 6.07 Å². The van der Waals surface area contributed by atoms with Gasteiger partial charge in [-0.1, -0.05) is 6.92 Å². The number of rotatable bonds is 4. The summed E-state index contributed by atoms with van der Waals surface area (Å²) in [6, 6.07) is 1.79. The van der Waals surface area contributed by atoms with Gasteiger partial charge in [0, 0.05) is 30.2 Å². The fourth-order valence-electron chi connectivity index (χ4n) is 2.08. The van der Waals surface area contributed by atoms with Crippen molar-refractivity contribution in [2.45, 2.75) is 18.6 Å². The zero-order valence-corrected chi connectivity index (χ0v) is 12.9. The average molecular weight is 311 g/mol. The summed E-state index contributed by atoms with van der Waals surface area (Å²) < 4.78 is 0. The molecule has 1 aromatic rings. The number of nitrogens with zero attached hydrogens (tertiary/aromatic N) is 1. The fourth-order valence-corrected chi connectivity index (χ4v) is 4.11. The van der Waals surface area contributed by atoms with Gasteiger partial charge in [-0.05, 0) is 29.5 Å². The van der Waals surface area contributed by atoms with Crippen molar-refractivity contribution in [3.63, 3.8) is 0 Å². The molecule has 108 valence electrons. The standard InChI is InChI=1S/C14H17NO3S2/c1-2-11-9-15(6-8-19-11)14(18)13-10(5-7-20-13)3-4-12(16)17/h3-5,7,11H,2,6,8-9H2,1H3,(H,16,17)/b4-3+. The Morgan fingerprint density at radius 2 is 2.35 bits per heavy atom. The van der Waals surface area contributed by atoms with E-state index in [9.17, 15) is 9.59 Å². The molecular weight excluding hydrogens is 294 g/mol. The Balaban J connectivity index is 2.13. The number of carboxylic acid groups (broad SMARTS) is 1. The number of aliphatic carboxylic acids is 1. The van der Waals surface area contributed by atoms with Gasteiger partial charge in [0.25, 0.3) is 5.91 Å². The second-order valence-corrected chi connectivity index (χ2v) is 6.85. The van der Waals surface area contributed by atoms with Crippen molar-refractivity contribution in [2.24, 2.45) is 0 Å². The van der Waals surface area contributed by atoms with E-state index in [0.29, 0.717) is 15.7 Å². The lowest BCUT2D eigenvalue weighted by Crippen LogP contribution is -2.41. The first-order chi connectivity index (χ1) is 9.61. The minimum Gasteiger partial charge on any atom is -0.478 e. The van der Waals surface area contributed by atoms with Crippen LogP contribution in [-0.2, 0) is 4.79 Å². The highest BCUT2D eigenvalue weighted by Crippen LogP contribution is 2.25. The molecule has 1 N–H and O–H groups in total. The highest BCUT2D eigenvalue weighted by molar-refractivity contribution is 8.00. The number of thioether (sulfide) groups is 1. The number of hydrogen-bond donors (Lipinski definition) is 1. The van der Waals surface area contributed by atoms with Gasteiger partial charge in [0.15, 0.2) is 0 Å². The van der Waals surface area contributed by atoms with E-state index in [-0.39, 0.29) is 5.91 Å². The molecule has 0 saturated carbocycles. The van der Waals surface area contributed by atoms with Crippen molar-refractivity contribution in [3.8, 4) is 0 Å². The highest BCUT2D eigenvalue weighted by atomic mass is 32.2. The number of carbonyl (C=O) groups is 2. The number of carbonyl (C=O) groups excluding carboxylic acids is 1. The van der Waals surface area contributed by atoms with Crippen LogP contribution in [0.25, 0.3) is 6.08 Å². The van der Waals surface area contributed by atoms with Gasteiger partial charge in [-0.3, -0.25) is 4.79 Å². The van der Waals surface area contributed by atoms with Crippen LogP contribution in [0.15, 0.2) is 17.5 Å². The summed E-state index contributed by atoms with van der Waals surface area (Å²) in [5.41, 5.74) is 0.689. The number of amides is 1. The Kier molecular flexibility index (Phi) is 5.25. The van der Waals surface area contributed by atoms with E-state index in [2.05, 4.69) is 6.92 Å². The molecule has 6 heteroatoms. The molecule has 1 atom stereocenters. The molecular formula is C14H17NO3S2. The van der Waals surface area contributed by atoms with E-state index in [0.717, 1.165) is 31.3 Å². The second-order valence-electron chi connectivity index (χ2n) is 4.53. The molecule has 2 heterocycles. The molecule has 1 unspecified atom stereocenters. The highest BCUT2D eigenvalue weighted by Gasteiger charge is 2.25. The van der Waals surface area contributed by atoms with E-state index in [1.807, 2.05) is 22.0 Å². The van der Waals surface area contributed by atoms with Gasteiger partial charge in [0.1, 0.15) is 0 Å².